The zero-order valence-electron chi connectivity index (χ0n) is 16.7. The number of rotatable bonds is 6. The molecular weight excluding hydrogens is 336 g/mol. The second kappa shape index (κ2) is 9.91. The summed E-state index contributed by atoms with van der Waals surface area (Å²) in [6.45, 7) is 1.99. The summed E-state index contributed by atoms with van der Waals surface area (Å²) in [6, 6.07) is 5.78. The number of nitrogens with one attached hydrogen (secondary N) is 2. The van der Waals surface area contributed by atoms with Gasteiger partial charge in [-0.2, -0.15) is 0 Å². The van der Waals surface area contributed by atoms with Crippen LogP contribution in [0.2, 0.25) is 0 Å². The lowest BCUT2D eigenvalue weighted by atomic mass is 9.86. The van der Waals surface area contributed by atoms with E-state index in [0.717, 1.165) is 49.0 Å². The Morgan fingerprint density at radius 3 is 2.30 bits per heavy atom. The van der Waals surface area contributed by atoms with Crippen molar-refractivity contribution in [1.29, 1.82) is 0 Å². The smallest absolute Gasteiger partial charge is 0.227 e. The molecule has 0 unspecified atom stereocenters. The van der Waals surface area contributed by atoms with E-state index in [0.29, 0.717) is 12.3 Å². The summed E-state index contributed by atoms with van der Waals surface area (Å²) < 4.78 is 0. The van der Waals surface area contributed by atoms with Gasteiger partial charge in [0.1, 0.15) is 0 Å². The summed E-state index contributed by atoms with van der Waals surface area (Å²) in [5, 5.41) is 6.10. The molecule has 1 aromatic rings. The Bertz CT molecular complexity index is 644. The first kappa shape index (κ1) is 19.9. The molecule has 2 aliphatic rings. The molecule has 2 amide bonds. The van der Waals surface area contributed by atoms with Crippen LogP contribution in [0.15, 0.2) is 18.2 Å². The molecule has 0 atom stereocenters. The Morgan fingerprint density at radius 1 is 0.926 bits per heavy atom. The lowest BCUT2D eigenvalue weighted by molar-refractivity contribution is -0.120. The fraction of sp³-hybridized carbons (Fsp3) is 0.652. The molecule has 0 aliphatic heterocycles. The average Bonchev–Trinajstić information content (AvgIpc) is 2.70. The summed E-state index contributed by atoms with van der Waals surface area (Å²) >= 11 is 0. The summed E-state index contributed by atoms with van der Waals surface area (Å²) in [5.74, 6) is 1.05. The molecule has 3 rings (SSSR count). The minimum atomic E-state index is 0.0778. The van der Waals surface area contributed by atoms with Gasteiger partial charge in [-0.05, 0) is 49.8 Å². The summed E-state index contributed by atoms with van der Waals surface area (Å²) in [4.78, 5) is 24.9. The minimum Gasteiger partial charge on any atom is -0.326 e. The van der Waals surface area contributed by atoms with Gasteiger partial charge in [-0.3, -0.25) is 9.59 Å². The fourth-order valence-corrected chi connectivity index (χ4v) is 4.47. The van der Waals surface area contributed by atoms with Crippen LogP contribution in [0.4, 0.5) is 11.4 Å². The molecule has 4 heteroatoms. The number of aryl methyl sites for hydroxylation is 1. The van der Waals surface area contributed by atoms with E-state index < -0.39 is 0 Å². The van der Waals surface area contributed by atoms with Crippen LogP contribution in [0, 0.1) is 18.8 Å². The average molecular weight is 371 g/mol. The standard InChI is InChI=1S/C23H34N2O2/c1-17-12-14-20(24-22(26)15-13-18-8-4-2-5-9-18)16-21(17)25-23(27)19-10-6-3-7-11-19/h12,14,16,18-19H,2-11,13,15H2,1H3,(H,24,26)(H,25,27). The monoisotopic (exact) mass is 370 g/mol. The number of amides is 2. The molecule has 1 aromatic carbocycles. The Balaban J connectivity index is 1.52. The van der Waals surface area contributed by atoms with Crippen LogP contribution in [-0.2, 0) is 9.59 Å². The summed E-state index contributed by atoms with van der Waals surface area (Å²) in [7, 11) is 0. The topological polar surface area (TPSA) is 58.2 Å². The van der Waals surface area contributed by atoms with Gasteiger partial charge >= 0.3 is 0 Å². The van der Waals surface area contributed by atoms with Crippen molar-refractivity contribution in [1.82, 2.24) is 0 Å². The molecule has 4 nitrogen and oxygen atoms in total. The molecule has 2 aliphatic carbocycles. The van der Waals surface area contributed by atoms with E-state index in [1.54, 1.807) is 0 Å². The molecule has 0 spiro atoms. The first-order chi connectivity index (χ1) is 13.1. The van der Waals surface area contributed by atoms with Crippen molar-refractivity contribution in [3.05, 3.63) is 23.8 Å². The van der Waals surface area contributed by atoms with Crippen molar-refractivity contribution >= 4 is 23.2 Å². The van der Waals surface area contributed by atoms with E-state index in [1.165, 1.54) is 38.5 Å². The number of benzene rings is 1. The third-order valence-electron chi connectivity index (χ3n) is 6.26. The zero-order chi connectivity index (χ0) is 19.1. The molecule has 27 heavy (non-hydrogen) atoms. The van der Waals surface area contributed by atoms with E-state index in [1.807, 2.05) is 25.1 Å². The van der Waals surface area contributed by atoms with Crippen molar-refractivity contribution in [3.63, 3.8) is 0 Å². The molecule has 2 fully saturated rings. The highest BCUT2D eigenvalue weighted by Gasteiger charge is 2.21. The van der Waals surface area contributed by atoms with E-state index in [2.05, 4.69) is 10.6 Å². The first-order valence-electron chi connectivity index (χ1n) is 10.8. The number of carbonyl (C=O) groups is 2. The van der Waals surface area contributed by atoms with Gasteiger partial charge in [-0.25, -0.2) is 0 Å². The molecule has 0 heterocycles. The van der Waals surface area contributed by atoms with Gasteiger partial charge in [0.25, 0.3) is 0 Å². The molecule has 2 N–H and O–H groups in total. The van der Waals surface area contributed by atoms with Crippen molar-refractivity contribution in [2.75, 3.05) is 10.6 Å². The summed E-state index contributed by atoms with van der Waals surface area (Å²) in [6.07, 6.45) is 13.6. The zero-order valence-corrected chi connectivity index (χ0v) is 16.7. The predicted octanol–water partition coefficient (Wildman–Crippen LogP) is 5.81. The highest BCUT2D eigenvalue weighted by Crippen LogP contribution is 2.28. The lowest BCUT2D eigenvalue weighted by Gasteiger charge is -2.22. The van der Waals surface area contributed by atoms with E-state index >= 15 is 0 Å². The molecule has 0 radical (unpaired) electrons. The Kier molecular flexibility index (Phi) is 7.31. The van der Waals surface area contributed by atoms with Crippen LogP contribution in [-0.4, -0.2) is 11.8 Å². The maximum Gasteiger partial charge on any atom is 0.227 e. The number of anilines is 2. The van der Waals surface area contributed by atoms with Gasteiger partial charge in [0.15, 0.2) is 0 Å². The van der Waals surface area contributed by atoms with Gasteiger partial charge in [-0.1, -0.05) is 57.4 Å². The van der Waals surface area contributed by atoms with Crippen LogP contribution in [0.1, 0.15) is 82.6 Å². The number of hydrogen-bond donors (Lipinski definition) is 2. The van der Waals surface area contributed by atoms with Gasteiger partial charge in [0.2, 0.25) is 11.8 Å². The largest absolute Gasteiger partial charge is 0.326 e. The molecular formula is C23H34N2O2. The van der Waals surface area contributed by atoms with E-state index in [4.69, 9.17) is 0 Å². The highest BCUT2D eigenvalue weighted by molar-refractivity contribution is 5.95. The van der Waals surface area contributed by atoms with Crippen molar-refractivity contribution in [2.24, 2.45) is 11.8 Å². The predicted molar refractivity (Wildman–Crippen MR) is 111 cm³/mol. The first-order valence-corrected chi connectivity index (χ1v) is 10.8. The van der Waals surface area contributed by atoms with Crippen LogP contribution in [0.25, 0.3) is 0 Å². The maximum absolute atomic E-state index is 12.5. The molecule has 0 bridgehead atoms. The van der Waals surface area contributed by atoms with Gasteiger partial charge in [-0.15, -0.1) is 0 Å². The van der Waals surface area contributed by atoms with Gasteiger partial charge < -0.3 is 10.6 Å². The van der Waals surface area contributed by atoms with Gasteiger partial charge in [0, 0.05) is 23.7 Å². The normalized spacial score (nSPS) is 18.9. The number of hydrogen-bond acceptors (Lipinski definition) is 2. The third kappa shape index (κ3) is 6.08. The fourth-order valence-electron chi connectivity index (χ4n) is 4.47. The van der Waals surface area contributed by atoms with E-state index in [-0.39, 0.29) is 17.7 Å². The van der Waals surface area contributed by atoms with E-state index in [9.17, 15) is 9.59 Å². The quantitative estimate of drug-likeness (QED) is 0.663. The molecule has 0 saturated heterocycles. The van der Waals surface area contributed by atoms with Crippen LogP contribution in [0.3, 0.4) is 0 Å². The van der Waals surface area contributed by atoms with Crippen molar-refractivity contribution in [3.8, 4) is 0 Å². The van der Waals surface area contributed by atoms with Crippen LogP contribution in [0.5, 0.6) is 0 Å². The number of carbonyl (C=O) groups excluding carboxylic acids is 2. The SMILES string of the molecule is Cc1ccc(NC(=O)CCC2CCCCC2)cc1NC(=O)C1CCCCC1. The second-order valence-electron chi connectivity index (χ2n) is 8.44. The molecule has 148 valence electrons. The van der Waals surface area contributed by atoms with Crippen LogP contribution >= 0.6 is 0 Å². The Labute approximate surface area is 163 Å². The third-order valence-corrected chi connectivity index (χ3v) is 6.26. The van der Waals surface area contributed by atoms with Crippen molar-refractivity contribution in [2.45, 2.75) is 84.0 Å². The highest BCUT2D eigenvalue weighted by atomic mass is 16.2. The summed E-state index contributed by atoms with van der Waals surface area (Å²) in [5.41, 5.74) is 2.61. The molecule has 2 saturated carbocycles. The van der Waals surface area contributed by atoms with Crippen LogP contribution < -0.4 is 10.6 Å². The molecule has 0 aromatic heterocycles. The lowest BCUT2D eigenvalue weighted by Crippen LogP contribution is -2.25. The Morgan fingerprint density at radius 2 is 1.59 bits per heavy atom. The Hall–Kier alpha value is -1.84. The maximum atomic E-state index is 12.5. The van der Waals surface area contributed by atoms with Gasteiger partial charge in [0.05, 0.1) is 0 Å². The second-order valence-corrected chi connectivity index (χ2v) is 8.44. The van der Waals surface area contributed by atoms with Crippen molar-refractivity contribution < 1.29 is 9.59 Å². The minimum absolute atomic E-state index is 0.0778.